The van der Waals surface area contributed by atoms with Crippen molar-refractivity contribution in [2.45, 2.75) is 46.6 Å². The van der Waals surface area contributed by atoms with E-state index in [0.717, 1.165) is 6.54 Å². The summed E-state index contributed by atoms with van der Waals surface area (Å²) in [5.74, 6) is 0. The Bertz CT molecular complexity index is 147. The second-order valence-corrected chi connectivity index (χ2v) is 5.34. The molecule has 0 aromatic heterocycles. The fraction of sp³-hybridized carbons (Fsp3) is 1.00. The predicted octanol–water partition coefficient (Wildman–Crippen LogP) is 2.60. The number of rotatable bonds is 7. The Kier molecular flexibility index (Phi) is 6.38. The first-order chi connectivity index (χ1) is 6.39. The molecule has 0 aliphatic rings. The van der Waals surface area contributed by atoms with Crippen molar-refractivity contribution in [3.63, 3.8) is 0 Å². The van der Waals surface area contributed by atoms with Crippen molar-refractivity contribution in [1.29, 1.82) is 0 Å². The molecule has 1 N–H and O–H groups in total. The van der Waals surface area contributed by atoms with Gasteiger partial charge in [-0.1, -0.05) is 13.8 Å². The number of nitrogens with zero attached hydrogens (tertiary/aromatic N) is 1. The van der Waals surface area contributed by atoms with Gasteiger partial charge < -0.3 is 10.2 Å². The lowest BCUT2D eigenvalue weighted by atomic mass is 9.85. The Balaban J connectivity index is 0. The SMILES string of the molecule is CNCCC(C)(C)CCN(C)C(C)C.[HH]. The maximum atomic E-state index is 3.22. The summed E-state index contributed by atoms with van der Waals surface area (Å²) in [7, 11) is 4.23. The molecular formula is C12H30N2. The van der Waals surface area contributed by atoms with Gasteiger partial charge in [-0.25, -0.2) is 0 Å². The predicted molar refractivity (Wildman–Crippen MR) is 66.8 cm³/mol. The van der Waals surface area contributed by atoms with E-state index in [4.69, 9.17) is 0 Å². The van der Waals surface area contributed by atoms with E-state index >= 15 is 0 Å². The Morgan fingerprint density at radius 1 is 1.29 bits per heavy atom. The van der Waals surface area contributed by atoms with Crippen molar-refractivity contribution in [3.05, 3.63) is 0 Å². The summed E-state index contributed by atoms with van der Waals surface area (Å²) in [6.07, 6.45) is 2.54. The molecule has 0 fully saturated rings. The lowest BCUT2D eigenvalue weighted by Crippen LogP contribution is -2.31. The van der Waals surface area contributed by atoms with Gasteiger partial charge in [-0.3, -0.25) is 0 Å². The molecule has 0 bridgehead atoms. The summed E-state index contributed by atoms with van der Waals surface area (Å²) in [5.41, 5.74) is 0.464. The van der Waals surface area contributed by atoms with E-state index < -0.39 is 0 Å². The Morgan fingerprint density at radius 3 is 2.29 bits per heavy atom. The molecule has 14 heavy (non-hydrogen) atoms. The van der Waals surface area contributed by atoms with Gasteiger partial charge in [0.2, 0.25) is 0 Å². The van der Waals surface area contributed by atoms with Gasteiger partial charge in [0, 0.05) is 7.47 Å². The van der Waals surface area contributed by atoms with Crippen LogP contribution in [0.3, 0.4) is 0 Å². The van der Waals surface area contributed by atoms with Crippen LogP contribution in [0.2, 0.25) is 0 Å². The second kappa shape index (κ2) is 6.41. The minimum atomic E-state index is 0. The van der Waals surface area contributed by atoms with Crippen LogP contribution in [-0.4, -0.2) is 38.1 Å². The topological polar surface area (TPSA) is 15.3 Å². The van der Waals surface area contributed by atoms with Gasteiger partial charge in [0.15, 0.2) is 0 Å². The fourth-order valence-corrected chi connectivity index (χ4v) is 1.33. The second-order valence-electron chi connectivity index (χ2n) is 5.34. The molecule has 0 aromatic carbocycles. The van der Waals surface area contributed by atoms with Gasteiger partial charge in [0.1, 0.15) is 0 Å². The Morgan fingerprint density at radius 2 is 1.86 bits per heavy atom. The van der Waals surface area contributed by atoms with Crippen molar-refractivity contribution in [1.82, 2.24) is 10.2 Å². The summed E-state index contributed by atoms with van der Waals surface area (Å²) in [4.78, 5) is 2.42. The van der Waals surface area contributed by atoms with E-state index in [-0.39, 0.29) is 1.43 Å². The highest BCUT2D eigenvalue weighted by molar-refractivity contribution is 4.72. The molecule has 0 amide bonds. The summed E-state index contributed by atoms with van der Waals surface area (Å²) in [5, 5.41) is 3.22. The first-order valence-corrected chi connectivity index (χ1v) is 5.74. The highest BCUT2D eigenvalue weighted by Gasteiger charge is 2.18. The van der Waals surface area contributed by atoms with Crippen LogP contribution in [0, 0.1) is 5.41 Å². The molecule has 2 heteroatoms. The minimum Gasteiger partial charge on any atom is -0.320 e. The van der Waals surface area contributed by atoms with Gasteiger partial charge in [0.25, 0.3) is 0 Å². The average Bonchev–Trinajstić information content (AvgIpc) is 2.11. The molecule has 0 radical (unpaired) electrons. The van der Waals surface area contributed by atoms with Gasteiger partial charge >= 0.3 is 0 Å². The zero-order valence-electron chi connectivity index (χ0n) is 10.9. The minimum absolute atomic E-state index is 0. The molecule has 0 saturated carbocycles. The van der Waals surface area contributed by atoms with Crippen LogP contribution >= 0.6 is 0 Å². The average molecular weight is 202 g/mol. The normalized spacial score (nSPS) is 12.9. The van der Waals surface area contributed by atoms with Crippen LogP contribution in [0.4, 0.5) is 0 Å². The summed E-state index contributed by atoms with van der Waals surface area (Å²) < 4.78 is 0. The number of hydrogen-bond donors (Lipinski definition) is 1. The molecular weight excluding hydrogens is 172 g/mol. The van der Waals surface area contributed by atoms with Crippen molar-refractivity contribution in [2.75, 3.05) is 27.2 Å². The van der Waals surface area contributed by atoms with E-state index in [1.54, 1.807) is 0 Å². The molecule has 0 aliphatic heterocycles. The molecule has 0 spiro atoms. The molecule has 0 rings (SSSR count). The standard InChI is InChI=1S/C12H28N2.H2/c1-11(2)14(6)10-8-12(3,4)7-9-13-5;/h11,13H,7-10H2,1-6H3;1H. The molecule has 0 unspecified atom stereocenters. The van der Waals surface area contributed by atoms with E-state index in [1.807, 2.05) is 7.05 Å². The largest absolute Gasteiger partial charge is 0.320 e. The molecule has 0 heterocycles. The molecule has 88 valence electrons. The maximum absolute atomic E-state index is 3.22. The van der Waals surface area contributed by atoms with Gasteiger partial charge in [-0.05, 0) is 59.3 Å². The van der Waals surface area contributed by atoms with E-state index in [2.05, 4.69) is 45.0 Å². The van der Waals surface area contributed by atoms with E-state index in [1.165, 1.54) is 19.4 Å². The van der Waals surface area contributed by atoms with Crippen LogP contribution in [0.5, 0.6) is 0 Å². The molecule has 0 saturated heterocycles. The maximum Gasteiger partial charge on any atom is 0.00355 e. The van der Waals surface area contributed by atoms with Crippen molar-refractivity contribution >= 4 is 0 Å². The smallest absolute Gasteiger partial charge is 0.00355 e. The first kappa shape index (κ1) is 13.9. The lowest BCUT2D eigenvalue weighted by molar-refractivity contribution is 0.208. The molecule has 0 aromatic rings. The van der Waals surface area contributed by atoms with E-state index in [9.17, 15) is 0 Å². The van der Waals surface area contributed by atoms with Crippen LogP contribution < -0.4 is 5.32 Å². The summed E-state index contributed by atoms with van der Waals surface area (Å²) in [6.45, 7) is 11.5. The molecule has 2 nitrogen and oxygen atoms in total. The third-order valence-electron chi connectivity index (χ3n) is 3.07. The highest BCUT2D eigenvalue weighted by atomic mass is 15.1. The van der Waals surface area contributed by atoms with Crippen molar-refractivity contribution < 1.29 is 1.43 Å². The highest BCUT2D eigenvalue weighted by Crippen LogP contribution is 2.24. The van der Waals surface area contributed by atoms with Crippen LogP contribution in [0.15, 0.2) is 0 Å². The lowest BCUT2D eigenvalue weighted by Gasteiger charge is -2.29. The first-order valence-electron chi connectivity index (χ1n) is 5.74. The summed E-state index contributed by atoms with van der Waals surface area (Å²) in [6, 6.07) is 0.662. The van der Waals surface area contributed by atoms with Crippen molar-refractivity contribution in [3.8, 4) is 0 Å². The van der Waals surface area contributed by atoms with Gasteiger partial charge in [-0.2, -0.15) is 0 Å². The van der Waals surface area contributed by atoms with Crippen LogP contribution in [0.25, 0.3) is 0 Å². The zero-order chi connectivity index (χ0) is 11.2. The van der Waals surface area contributed by atoms with E-state index in [0.29, 0.717) is 11.5 Å². The van der Waals surface area contributed by atoms with Crippen molar-refractivity contribution in [2.24, 2.45) is 5.41 Å². The third kappa shape index (κ3) is 6.39. The van der Waals surface area contributed by atoms with Crippen LogP contribution in [0.1, 0.15) is 42.0 Å². The summed E-state index contributed by atoms with van der Waals surface area (Å²) >= 11 is 0. The molecule has 0 atom stereocenters. The number of nitrogens with one attached hydrogen (secondary N) is 1. The van der Waals surface area contributed by atoms with Crippen LogP contribution in [-0.2, 0) is 0 Å². The molecule has 0 aliphatic carbocycles. The number of hydrogen-bond acceptors (Lipinski definition) is 2. The van der Waals surface area contributed by atoms with Gasteiger partial charge in [0.05, 0.1) is 0 Å². The Labute approximate surface area is 91.5 Å². The van der Waals surface area contributed by atoms with Gasteiger partial charge in [-0.15, -0.1) is 0 Å². The zero-order valence-corrected chi connectivity index (χ0v) is 10.9. The third-order valence-corrected chi connectivity index (χ3v) is 3.07. The fourth-order valence-electron chi connectivity index (χ4n) is 1.33. The monoisotopic (exact) mass is 202 g/mol. The Hall–Kier alpha value is -0.0800. The quantitative estimate of drug-likeness (QED) is 0.682.